The van der Waals surface area contributed by atoms with Crippen molar-refractivity contribution in [2.45, 2.75) is 20.3 Å². The Bertz CT molecular complexity index is 469. The van der Waals surface area contributed by atoms with Crippen LogP contribution < -0.4 is 11.3 Å². The molecule has 0 radical (unpaired) electrons. The summed E-state index contributed by atoms with van der Waals surface area (Å²) in [5, 5.41) is 0. The van der Waals surface area contributed by atoms with Gasteiger partial charge < -0.3 is 10.3 Å². The maximum atomic E-state index is 12.5. The summed E-state index contributed by atoms with van der Waals surface area (Å²) in [6, 6.07) is 1.79. The number of rotatable bonds is 4. The number of nitrogen functional groups attached to an aromatic ring is 1. The number of aryl methyl sites for hydroxylation is 1. The quantitative estimate of drug-likeness (QED) is 0.630. The Hall–Kier alpha value is -1.66. The van der Waals surface area contributed by atoms with Crippen molar-refractivity contribution in [2.24, 2.45) is 5.84 Å². The van der Waals surface area contributed by atoms with Crippen molar-refractivity contribution in [2.75, 3.05) is 38.1 Å². The topological polar surface area (TPSA) is 74.5 Å². The number of nitrogens with one attached hydrogen (secondary N) is 1. The van der Waals surface area contributed by atoms with Gasteiger partial charge in [0.1, 0.15) is 0 Å². The Kier molecular flexibility index (Phi) is 4.92. The highest BCUT2D eigenvalue weighted by molar-refractivity contribution is 5.99. The van der Waals surface area contributed by atoms with Crippen molar-refractivity contribution in [3.8, 4) is 0 Å². The minimum absolute atomic E-state index is 0.00148. The molecule has 20 heavy (non-hydrogen) atoms. The first-order valence-electron chi connectivity index (χ1n) is 7.10. The van der Waals surface area contributed by atoms with E-state index in [1.807, 2.05) is 11.8 Å². The van der Waals surface area contributed by atoms with Crippen molar-refractivity contribution < 1.29 is 4.79 Å². The number of aromatic nitrogens is 1. The molecule has 1 saturated heterocycles. The van der Waals surface area contributed by atoms with E-state index < -0.39 is 0 Å². The molecule has 1 aliphatic heterocycles. The van der Waals surface area contributed by atoms with E-state index in [0.717, 1.165) is 44.8 Å². The second-order valence-corrected chi connectivity index (χ2v) is 5.15. The molecule has 1 amide bonds. The number of anilines is 1. The highest BCUT2D eigenvalue weighted by Gasteiger charge is 2.23. The van der Waals surface area contributed by atoms with Crippen LogP contribution in [0.4, 0.5) is 5.69 Å². The number of pyridine rings is 1. The van der Waals surface area contributed by atoms with Crippen molar-refractivity contribution in [1.29, 1.82) is 0 Å². The van der Waals surface area contributed by atoms with E-state index in [4.69, 9.17) is 5.84 Å². The summed E-state index contributed by atoms with van der Waals surface area (Å²) >= 11 is 0. The minimum Gasteiger partial charge on any atom is -0.336 e. The van der Waals surface area contributed by atoms with E-state index in [0.29, 0.717) is 11.3 Å². The summed E-state index contributed by atoms with van der Waals surface area (Å²) in [6.07, 6.45) is 2.75. The number of hydrazine groups is 1. The van der Waals surface area contributed by atoms with Gasteiger partial charge >= 0.3 is 0 Å². The number of nitrogens with two attached hydrogens (primary N) is 1. The van der Waals surface area contributed by atoms with Gasteiger partial charge in [-0.2, -0.15) is 0 Å². The summed E-state index contributed by atoms with van der Waals surface area (Å²) in [4.78, 5) is 21.0. The normalized spacial score (nSPS) is 16.2. The Morgan fingerprint density at radius 1 is 1.40 bits per heavy atom. The molecular weight excluding hydrogens is 254 g/mol. The maximum absolute atomic E-state index is 12.5. The molecule has 6 nitrogen and oxygen atoms in total. The number of carbonyl (C=O) groups excluding carboxylic acids is 1. The lowest BCUT2D eigenvalue weighted by molar-refractivity contribution is 0.0638. The molecular formula is C14H23N5O. The first-order valence-corrected chi connectivity index (χ1v) is 7.10. The van der Waals surface area contributed by atoms with Crippen molar-refractivity contribution in [3.63, 3.8) is 0 Å². The van der Waals surface area contributed by atoms with Gasteiger partial charge in [0.05, 0.1) is 11.3 Å². The molecule has 0 saturated carbocycles. The Morgan fingerprint density at radius 3 is 2.70 bits per heavy atom. The monoisotopic (exact) mass is 277 g/mol. The van der Waals surface area contributed by atoms with Crippen molar-refractivity contribution in [3.05, 3.63) is 23.5 Å². The van der Waals surface area contributed by atoms with Crippen LogP contribution in [-0.4, -0.2) is 53.4 Å². The van der Waals surface area contributed by atoms with Crippen LogP contribution in [0.1, 0.15) is 29.4 Å². The lowest BCUT2D eigenvalue weighted by atomic mass is 10.1. The zero-order valence-corrected chi connectivity index (χ0v) is 12.2. The molecule has 3 N–H and O–H groups in total. The van der Waals surface area contributed by atoms with Crippen LogP contribution in [0, 0.1) is 6.92 Å². The zero-order chi connectivity index (χ0) is 14.5. The average molecular weight is 277 g/mol. The van der Waals surface area contributed by atoms with Gasteiger partial charge in [0.25, 0.3) is 5.91 Å². The minimum atomic E-state index is 0.00148. The summed E-state index contributed by atoms with van der Waals surface area (Å²) in [7, 11) is 0. The number of carbonyl (C=O) groups is 1. The van der Waals surface area contributed by atoms with E-state index in [1.165, 1.54) is 0 Å². The first kappa shape index (κ1) is 14.7. The number of amides is 1. The summed E-state index contributed by atoms with van der Waals surface area (Å²) in [5.74, 6) is 5.49. The number of piperazine rings is 1. The standard InChI is InChI=1S/C14H23N5O/c1-3-4-18-5-7-19(8-6-18)14(20)12-10-16-11(2)9-13(12)17-15/h9-10H,3-8,15H2,1-2H3,(H,16,17). The van der Waals surface area contributed by atoms with Gasteiger partial charge in [-0.05, 0) is 26.0 Å². The van der Waals surface area contributed by atoms with Crippen LogP contribution in [0.25, 0.3) is 0 Å². The van der Waals surface area contributed by atoms with Gasteiger partial charge in [-0.1, -0.05) is 6.92 Å². The van der Waals surface area contributed by atoms with Crippen LogP contribution in [-0.2, 0) is 0 Å². The third-order valence-electron chi connectivity index (χ3n) is 3.63. The molecule has 2 rings (SSSR count). The molecule has 6 heteroatoms. The molecule has 0 spiro atoms. The molecule has 1 fully saturated rings. The van der Waals surface area contributed by atoms with Crippen LogP contribution in [0.2, 0.25) is 0 Å². The average Bonchev–Trinajstić information content (AvgIpc) is 2.47. The lowest BCUT2D eigenvalue weighted by Gasteiger charge is -2.34. The molecule has 0 unspecified atom stereocenters. The summed E-state index contributed by atoms with van der Waals surface area (Å²) in [5.41, 5.74) is 4.60. The summed E-state index contributed by atoms with van der Waals surface area (Å²) in [6.45, 7) is 8.54. The molecule has 1 aromatic rings. The van der Waals surface area contributed by atoms with Crippen LogP contribution in [0.5, 0.6) is 0 Å². The molecule has 0 aromatic carbocycles. The molecule has 2 heterocycles. The van der Waals surface area contributed by atoms with E-state index in [-0.39, 0.29) is 5.91 Å². The number of hydrogen-bond acceptors (Lipinski definition) is 5. The van der Waals surface area contributed by atoms with Gasteiger partial charge in [-0.15, -0.1) is 0 Å². The Labute approximate surface area is 119 Å². The van der Waals surface area contributed by atoms with Crippen LogP contribution >= 0.6 is 0 Å². The molecule has 1 aromatic heterocycles. The summed E-state index contributed by atoms with van der Waals surface area (Å²) < 4.78 is 0. The zero-order valence-electron chi connectivity index (χ0n) is 12.2. The fraction of sp³-hybridized carbons (Fsp3) is 0.571. The third-order valence-corrected chi connectivity index (χ3v) is 3.63. The lowest BCUT2D eigenvalue weighted by Crippen LogP contribution is -2.48. The van der Waals surface area contributed by atoms with Crippen molar-refractivity contribution in [1.82, 2.24) is 14.8 Å². The fourth-order valence-electron chi connectivity index (χ4n) is 2.51. The number of hydrogen-bond donors (Lipinski definition) is 2. The van der Waals surface area contributed by atoms with Gasteiger partial charge in [0, 0.05) is 38.1 Å². The van der Waals surface area contributed by atoms with Crippen LogP contribution in [0.3, 0.4) is 0 Å². The van der Waals surface area contributed by atoms with Gasteiger partial charge in [0.15, 0.2) is 0 Å². The molecule has 1 aliphatic rings. The second kappa shape index (κ2) is 6.67. The SMILES string of the molecule is CCCN1CCN(C(=O)c2cnc(C)cc2NN)CC1. The molecule has 0 aliphatic carbocycles. The van der Waals surface area contributed by atoms with E-state index in [1.54, 1.807) is 12.3 Å². The second-order valence-electron chi connectivity index (χ2n) is 5.15. The predicted molar refractivity (Wildman–Crippen MR) is 79.4 cm³/mol. The Morgan fingerprint density at radius 2 is 2.10 bits per heavy atom. The molecule has 0 atom stereocenters. The largest absolute Gasteiger partial charge is 0.336 e. The highest BCUT2D eigenvalue weighted by atomic mass is 16.2. The smallest absolute Gasteiger partial charge is 0.257 e. The highest BCUT2D eigenvalue weighted by Crippen LogP contribution is 2.17. The van der Waals surface area contributed by atoms with Gasteiger partial charge in [-0.25, -0.2) is 0 Å². The predicted octanol–water partition coefficient (Wildman–Crippen LogP) is 0.843. The molecule has 0 bridgehead atoms. The Balaban J connectivity index is 2.05. The number of nitrogens with zero attached hydrogens (tertiary/aromatic N) is 3. The van der Waals surface area contributed by atoms with E-state index >= 15 is 0 Å². The van der Waals surface area contributed by atoms with E-state index in [9.17, 15) is 4.79 Å². The van der Waals surface area contributed by atoms with E-state index in [2.05, 4.69) is 22.2 Å². The van der Waals surface area contributed by atoms with Gasteiger partial charge in [0.2, 0.25) is 0 Å². The van der Waals surface area contributed by atoms with Gasteiger partial charge in [-0.3, -0.25) is 20.5 Å². The fourth-order valence-corrected chi connectivity index (χ4v) is 2.51. The van der Waals surface area contributed by atoms with Crippen molar-refractivity contribution >= 4 is 11.6 Å². The first-order chi connectivity index (χ1) is 9.65. The molecule has 110 valence electrons. The van der Waals surface area contributed by atoms with Crippen LogP contribution in [0.15, 0.2) is 12.3 Å². The third kappa shape index (κ3) is 3.26. The maximum Gasteiger partial charge on any atom is 0.257 e.